The van der Waals surface area contributed by atoms with Gasteiger partial charge in [-0.1, -0.05) is 0 Å². The summed E-state index contributed by atoms with van der Waals surface area (Å²) in [5.74, 6) is -1.49. The van der Waals surface area contributed by atoms with Crippen LogP contribution < -0.4 is 5.73 Å². The Morgan fingerprint density at radius 2 is 2.16 bits per heavy atom. The number of sulfonamides is 1. The Labute approximate surface area is 118 Å². The quantitative estimate of drug-likeness (QED) is 0.885. The first-order chi connectivity index (χ1) is 8.82. The number of hydrogen-bond donors (Lipinski definition) is 1. The fourth-order valence-electron chi connectivity index (χ4n) is 2.00. The molecule has 1 aromatic rings. The molecule has 1 aliphatic rings. The molecule has 5 nitrogen and oxygen atoms in total. The number of primary amides is 1. The van der Waals surface area contributed by atoms with Gasteiger partial charge in [0, 0.05) is 17.6 Å². The van der Waals surface area contributed by atoms with Crippen LogP contribution in [-0.4, -0.2) is 31.7 Å². The molecule has 19 heavy (non-hydrogen) atoms. The monoisotopic (exact) mass is 350 g/mol. The summed E-state index contributed by atoms with van der Waals surface area (Å²) in [5.41, 5.74) is 5.17. The van der Waals surface area contributed by atoms with Gasteiger partial charge in [-0.2, -0.15) is 4.31 Å². The van der Waals surface area contributed by atoms with Crippen molar-refractivity contribution >= 4 is 31.9 Å². The maximum Gasteiger partial charge on any atom is 0.244 e. The van der Waals surface area contributed by atoms with Crippen molar-refractivity contribution in [1.82, 2.24) is 4.31 Å². The summed E-state index contributed by atoms with van der Waals surface area (Å²) in [6, 6.07) is 3.38. The normalized spacial score (nSPS) is 20.6. The lowest BCUT2D eigenvalue weighted by Gasteiger charge is -2.17. The Kier molecular flexibility index (Phi) is 3.93. The molecule has 2 N–H and O–H groups in total. The highest BCUT2D eigenvalue weighted by Gasteiger charge is 2.35. The van der Waals surface area contributed by atoms with Crippen LogP contribution in [0, 0.1) is 11.7 Å². The lowest BCUT2D eigenvalue weighted by molar-refractivity contribution is -0.121. The highest BCUT2D eigenvalue weighted by molar-refractivity contribution is 9.10. The van der Waals surface area contributed by atoms with Crippen LogP contribution in [0.2, 0.25) is 0 Å². The van der Waals surface area contributed by atoms with Gasteiger partial charge in [0.2, 0.25) is 15.9 Å². The molecule has 1 saturated heterocycles. The smallest absolute Gasteiger partial charge is 0.244 e. The van der Waals surface area contributed by atoms with E-state index < -0.39 is 27.7 Å². The highest BCUT2D eigenvalue weighted by Crippen LogP contribution is 2.29. The van der Waals surface area contributed by atoms with Crippen LogP contribution in [0.1, 0.15) is 6.42 Å². The Balaban J connectivity index is 2.31. The fraction of sp³-hybridized carbons (Fsp3) is 0.364. The van der Waals surface area contributed by atoms with Gasteiger partial charge in [-0.25, -0.2) is 12.8 Å². The van der Waals surface area contributed by atoms with Gasteiger partial charge in [0.1, 0.15) is 5.82 Å². The molecule has 1 unspecified atom stereocenters. The molecule has 104 valence electrons. The third-order valence-electron chi connectivity index (χ3n) is 3.07. The van der Waals surface area contributed by atoms with Crippen molar-refractivity contribution in [3.8, 4) is 0 Å². The molecule has 1 atom stereocenters. The second kappa shape index (κ2) is 5.18. The zero-order valence-electron chi connectivity index (χ0n) is 9.84. The van der Waals surface area contributed by atoms with E-state index in [1.54, 1.807) is 0 Å². The predicted octanol–water partition coefficient (Wildman–Crippen LogP) is 1.08. The minimum absolute atomic E-state index is 0.0148. The summed E-state index contributed by atoms with van der Waals surface area (Å²) < 4.78 is 39.1. The average molecular weight is 351 g/mol. The van der Waals surface area contributed by atoms with Crippen molar-refractivity contribution in [1.29, 1.82) is 0 Å². The average Bonchev–Trinajstić information content (AvgIpc) is 2.78. The molecule has 0 aromatic heterocycles. The number of nitrogens with two attached hydrogens (primary N) is 1. The zero-order valence-corrected chi connectivity index (χ0v) is 12.2. The van der Waals surface area contributed by atoms with Crippen molar-refractivity contribution in [2.75, 3.05) is 13.1 Å². The Morgan fingerprint density at radius 3 is 2.68 bits per heavy atom. The van der Waals surface area contributed by atoms with Crippen LogP contribution in [0.4, 0.5) is 4.39 Å². The number of benzene rings is 1. The highest BCUT2D eigenvalue weighted by atomic mass is 79.9. The van der Waals surface area contributed by atoms with Gasteiger partial charge in [0.05, 0.1) is 10.8 Å². The van der Waals surface area contributed by atoms with Gasteiger partial charge >= 0.3 is 0 Å². The molecular weight excluding hydrogens is 339 g/mol. The Hall–Kier alpha value is -0.990. The first-order valence-corrected chi connectivity index (χ1v) is 7.80. The van der Waals surface area contributed by atoms with E-state index in [0.29, 0.717) is 6.42 Å². The van der Waals surface area contributed by atoms with Gasteiger partial charge in [0.15, 0.2) is 0 Å². The van der Waals surface area contributed by atoms with Crippen molar-refractivity contribution in [2.24, 2.45) is 11.7 Å². The van der Waals surface area contributed by atoms with Crippen LogP contribution in [-0.2, 0) is 14.8 Å². The molecule has 0 radical (unpaired) electrons. The standard InChI is InChI=1S/C11H12BrFN2O3S/c12-9-5-8(13)1-2-10(9)19(17,18)15-4-3-7(6-15)11(14)16/h1-2,5,7H,3-4,6H2,(H2,14,16). The fourth-order valence-corrected chi connectivity index (χ4v) is 4.51. The second-order valence-corrected chi connectivity index (χ2v) is 7.09. The van der Waals surface area contributed by atoms with E-state index in [1.807, 2.05) is 0 Å². The first kappa shape index (κ1) is 14.4. The molecule has 1 amide bonds. The number of carbonyl (C=O) groups is 1. The lowest BCUT2D eigenvalue weighted by atomic mass is 10.1. The number of rotatable bonds is 3. The predicted molar refractivity (Wildman–Crippen MR) is 70.2 cm³/mol. The molecule has 0 saturated carbocycles. The summed E-state index contributed by atoms with van der Waals surface area (Å²) in [6.45, 7) is 0.307. The molecular formula is C11H12BrFN2O3S. The summed E-state index contributed by atoms with van der Waals surface area (Å²) in [6.07, 6.45) is 0.410. The van der Waals surface area contributed by atoms with Crippen molar-refractivity contribution in [3.63, 3.8) is 0 Å². The van der Waals surface area contributed by atoms with E-state index >= 15 is 0 Å². The molecule has 1 fully saturated rings. The molecule has 0 bridgehead atoms. The van der Waals surface area contributed by atoms with Gasteiger partial charge in [-0.05, 0) is 40.5 Å². The number of carbonyl (C=O) groups excluding carboxylic acids is 1. The summed E-state index contributed by atoms with van der Waals surface area (Å²) in [5, 5.41) is 0. The van der Waals surface area contributed by atoms with Crippen LogP contribution in [0.15, 0.2) is 27.6 Å². The summed E-state index contributed by atoms with van der Waals surface area (Å²) >= 11 is 3.04. The number of halogens is 2. The van der Waals surface area contributed by atoms with Crippen molar-refractivity contribution in [3.05, 3.63) is 28.5 Å². The number of nitrogens with zero attached hydrogens (tertiary/aromatic N) is 1. The zero-order chi connectivity index (χ0) is 14.2. The van der Waals surface area contributed by atoms with E-state index in [9.17, 15) is 17.6 Å². The van der Waals surface area contributed by atoms with Gasteiger partial charge in [0.25, 0.3) is 0 Å². The largest absolute Gasteiger partial charge is 0.369 e. The van der Waals surface area contributed by atoms with Gasteiger partial charge in [-0.3, -0.25) is 4.79 Å². The third kappa shape index (κ3) is 2.80. The van der Waals surface area contributed by atoms with Crippen molar-refractivity contribution < 1.29 is 17.6 Å². The van der Waals surface area contributed by atoms with Crippen LogP contribution in [0.5, 0.6) is 0 Å². The Bertz CT molecular complexity index is 620. The molecule has 8 heteroatoms. The van der Waals surface area contributed by atoms with Crippen LogP contribution in [0.3, 0.4) is 0 Å². The Morgan fingerprint density at radius 1 is 1.47 bits per heavy atom. The van der Waals surface area contributed by atoms with E-state index in [1.165, 1.54) is 10.4 Å². The third-order valence-corrected chi connectivity index (χ3v) is 5.91. The second-order valence-electron chi connectivity index (χ2n) is 4.33. The van der Waals surface area contributed by atoms with E-state index in [4.69, 9.17) is 5.73 Å². The van der Waals surface area contributed by atoms with E-state index in [2.05, 4.69) is 15.9 Å². The number of amides is 1. The topological polar surface area (TPSA) is 80.5 Å². The molecule has 1 heterocycles. The molecule has 0 aliphatic carbocycles. The van der Waals surface area contributed by atoms with E-state index in [0.717, 1.165) is 12.1 Å². The van der Waals surface area contributed by atoms with Gasteiger partial charge < -0.3 is 5.73 Å². The first-order valence-electron chi connectivity index (χ1n) is 5.57. The van der Waals surface area contributed by atoms with Crippen LogP contribution >= 0.6 is 15.9 Å². The molecule has 0 spiro atoms. The minimum Gasteiger partial charge on any atom is -0.369 e. The van der Waals surface area contributed by atoms with Crippen LogP contribution in [0.25, 0.3) is 0 Å². The van der Waals surface area contributed by atoms with E-state index in [-0.39, 0.29) is 22.5 Å². The summed E-state index contributed by atoms with van der Waals surface area (Å²) in [7, 11) is -3.74. The molecule has 1 aromatic carbocycles. The SMILES string of the molecule is NC(=O)C1CCN(S(=O)(=O)c2ccc(F)cc2Br)C1. The maximum atomic E-state index is 13.0. The number of hydrogen-bond acceptors (Lipinski definition) is 3. The molecule has 1 aliphatic heterocycles. The lowest BCUT2D eigenvalue weighted by Crippen LogP contribution is -2.32. The minimum atomic E-state index is -3.74. The summed E-state index contributed by atoms with van der Waals surface area (Å²) in [4.78, 5) is 11.0. The molecule has 2 rings (SSSR count). The van der Waals surface area contributed by atoms with Gasteiger partial charge in [-0.15, -0.1) is 0 Å². The van der Waals surface area contributed by atoms with Crippen molar-refractivity contribution in [2.45, 2.75) is 11.3 Å². The maximum absolute atomic E-state index is 13.0.